The van der Waals surface area contributed by atoms with Gasteiger partial charge in [-0.05, 0) is 40.9 Å². The van der Waals surface area contributed by atoms with E-state index in [9.17, 15) is 0 Å². The number of aromatic nitrogens is 6. The average Bonchev–Trinajstić information content (AvgIpc) is 2.86. The molecule has 0 saturated carbocycles. The van der Waals surface area contributed by atoms with Crippen molar-refractivity contribution in [3.8, 4) is 5.75 Å². The van der Waals surface area contributed by atoms with E-state index in [4.69, 9.17) is 10.5 Å². The van der Waals surface area contributed by atoms with Crippen LogP contribution in [0.25, 0.3) is 11.2 Å². The third kappa shape index (κ3) is 2.37. The number of fused-ring (bicyclic) bond motifs is 1. The highest BCUT2D eigenvalue weighted by atomic mass is 79.9. The van der Waals surface area contributed by atoms with Crippen molar-refractivity contribution in [3.63, 3.8) is 0 Å². The van der Waals surface area contributed by atoms with E-state index in [-0.39, 0.29) is 5.95 Å². The molecule has 0 aliphatic heterocycles. The molecular formula is C13H14BrN7O. The molecule has 0 unspecified atom stereocenters. The van der Waals surface area contributed by atoms with E-state index in [1.54, 1.807) is 18.0 Å². The van der Waals surface area contributed by atoms with E-state index >= 15 is 0 Å². The Morgan fingerprint density at radius 3 is 2.82 bits per heavy atom. The molecule has 0 aromatic carbocycles. The van der Waals surface area contributed by atoms with Gasteiger partial charge in [-0.25, -0.2) is 9.67 Å². The zero-order valence-corrected chi connectivity index (χ0v) is 13.9. The number of anilines is 1. The molecule has 3 aromatic rings. The van der Waals surface area contributed by atoms with Crippen molar-refractivity contribution in [1.29, 1.82) is 0 Å². The number of nitrogens with zero attached hydrogens (tertiary/aromatic N) is 6. The molecule has 22 heavy (non-hydrogen) atoms. The van der Waals surface area contributed by atoms with Gasteiger partial charge in [-0.1, -0.05) is 5.21 Å². The number of methoxy groups -OCH3 is 1. The smallest absolute Gasteiger partial charge is 0.223 e. The summed E-state index contributed by atoms with van der Waals surface area (Å²) in [5, 5.41) is 8.20. The number of hydrogen-bond donors (Lipinski definition) is 1. The Balaban J connectivity index is 2.08. The minimum absolute atomic E-state index is 0.166. The van der Waals surface area contributed by atoms with Crippen molar-refractivity contribution in [1.82, 2.24) is 29.9 Å². The van der Waals surface area contributed by atoms with Gasteiger partial charge in [0.2, 0.25) is 5.95 Å². The zero-order valence-electron chi connectivity index (χ0n) is 12.3. The normalized spacial score (nSPS) is 11.1. The first-order chi connectivity index (χ1) is 10.5. The van der Waals surface area contributed by atoms with Gasteiger partial charge in [0.1, 0.15) is 10.4 Å². The number of aryl methyl sites for hydroxylation is 1. The van der Waals surface area contributed by atoms with Crippen LogP contribution >= 0.6 is 15.9 Å². The largest absolute Gasteiger partial charge is 0.495 e. The monoisotopic (exact) mass is 363 g/mol. The lowest BCUT2D eigenvalue weighted by atomic mass is 10.1. The van der Waals surface area contributed by atoms with Crippen molar-refractivity contribution >= 4 is 33.0 Å². The van der Waals surface area contributed by atoms with E-state index in [2.05, 4.69) is 41.2 Å². The fraction of sp³-hybridized carbons (Fsp3) is 0.308. The highest BCUT2D eigenvalue weighted by Gasteiger charge is 2.15. The Kier molecular flexibility index (Phi) is 3.65. The first-order valence-electron chi connectivity index (χ1n) is 6.52. The highest BCUT2D eigenvalue weighted by molar-refractivity contribution is 9.10. The molecule has 0 fully saturated rings. The highest BCUT2D eigenvalue weighted by Crippen LogP contribution is 2.25. The lowest BCUT2D eigenvalue weighted by molar-refractivity contribution is 0.405. The van der Waals surface area contributed by atoms with Crippen molar-refractivity contribution in [2.75, 3.05) is 12.8 Å². The summed E-state index contributed by atoms with van der Waals surface area (Å²) in [6.45, 7) is 4.36. The van der Waals surface area contributed by atoms with Crippen molar-refractivity contribution in [3.05, 3.63) is 27.6 Å². The molecule has 114 valence electrons. The minimum Gasteiger partial charge on any atom is -0.495 e. The third-order valence-corrected chi connectivity index (χ3v) is 3.98. The number of hydrogen-bond acceptors (Lipinski definition) is 7. The van der Waals surface area contributed by atoms with Gasteiger partial charge in [0.15, 0.2) is 11.2 Å². The van der Waals surface area contributed by atoms with Crippen LogP contribution in [0, 0.1) is 13.8 Å². The molecule has 3 aromatic heterocycles. The maximum atomic E-state index is 5.69. The predicted molar refractivity (Wildman–Crippen MR) is 84.6 cm³/mol. The van der Waals surface area contributed by atoms with Crippen LogP contribution in [0.2, 0.25) is 0 Å². The van der Waals surface area contributed by atoms with Gasteiger partial charge >= 0.3 is 0 Å². The topological polar surface area (TPSA) is 105 Å². The lowest BCUT2D eigenvalue weighted by Crippen LogP contribution is -2.08. The molecule has 3 heterocycles. The van der Waals surface area contributed by atoms with Crippen LogP contribution in [0.1, 0.15) is 16.8 Å². The molecule has 0 amide bonds. The minimum atomic E-state index is 0.166. The van der Waals surface area contributed by atoms with Gasteiger partial charge in [-0.2, -0.15) is 4.98 Å². The summed E-state index contributed by atoms with van der Waals surface area (Å²) >= 11 is 3.31. The van der Waals surface area contributed by atoms with E-state index in [1.807, 2.05) is 13.8 Å². The summed E-state index contributed by atoms with van der Waals surface area (Å²) in [6, 6.07) is 0. The molecule has 8 nitrogen and oxygen atoms in total. The molecule has 0 bridgehead atoms. The molecule has 3 rings (SSSR count). The lowest BCUT2D eigenvalue weighted by Gasteiger charge is -2.12. The van der Waals surface area contributed by atoms with Crippen LogP contribution in [0.4, 0.5) is 5.95 Å². The molecule has 9 heteroatoms. The average molecular weight is 364 g/mol. The van der Waals surface area contributed by atoms with E-state index in [1.165, 1.54) is 0 Å². The second-order valence-corrected chi connectivity index (χ2v) is 5.57. The number of pyridine rings is 1. The van der Waals surface area contributed by atoms with Gasteiger partial charge in [-0.15, -0.1) is 5.10 Å². The molecule has 0 atom stereocenters. The maximum absolute atomic E-state index is 5.69. The maximum Gasteiger partial charge on any atom is 0.223 e. The summed E-state index contributed by atoms with van der Waals surface area (Å²) in [5.41, 5.74) is 9.66. The molecule has 0 saturated heterocycles. The summed E-state index contributed by atoms with van der Waals surface area (Å²) in [4.78, 5) is 12.6. The fourth-order valence-corrected chi connectivity index (χ4v) is 2.75. The summed E-state index contributed by atoms with van der Waals surface area (Å²) in [6.07, 6.45) is 1.81. The fourth-order valence-electron chi connectivity index (χ4n) is 2.31. The van der Waals surface area contributed by atoms with Crippen molar-refractivity contribution in [2.24, 2.45) is 0 Å². The summed E-state index contributed by atoms with van der Waals surface area (Å²) < 4.78 is 7.59. The summed E-state index contributed by atoms with van der Waals surface area (Å²) in [7, 11) is 1.64. The van der Waals surface area contributed by atoms with Gasteiger partial charge in [0.25, 0.3) is 0 Å². The zero-order chi connectivity index (χ0) is 15.9. The van der Waals surface area contributed by atoms with Gasteiger partial charge in [0, 0.05) is 6.20 Å². The van der Waals surface area contributed by atoms with Gasteiger partial charge in [0.05, 0.1) is 19.3 Å². The standard InChI is InChI=1S/C13H14BrN7O/c1-6-8(4-16-7(2)10(6)22-3)5-21-12-9(19-20-21)11(14)17-13(15)18-12/h4H,5H2,1-3H3,(H2,15,17,18). The number of ether oxygens (including phenoxy) is 1. The second kappa shape index (κ2) is 5.48. The molecule has 0 radical (unpaired) electrons. The van der Waals surface area contributed by atoms with E-state index in [0.29, 0.717) is 22.3 Å². The van der Waals surface area contributed by atoms with Crippen LogP contribution in [0.5, 0.6) is 5.75 Å². The Labute approximate surface area is 134 Å². The Bertz CT molecular complexity index is 861. The first-order valence-corrected chi connectivity index (χ1v) is 7.31. The van der Waals surface area contributed by atoms with E-state index < -0.39 is 0 Å². The Hall–Kier alpha value is -2.29. The van der Waals surface area contributed by atoms with Crippen LogP contribution in [-0.2, 0) is 6.54 Å². The molecule has 0 aliphatic carbocycles. The van der Waals surface area contributed by atoms with E-state index in [0.717, 1.165) is 22.6 Å². The quantitative estimate of drug-likeness (QED) is 0.705. The van der Waals surface area contributed by atoms with Gasteiger partial charge in [-0.3, -0.25) is 4.98 Å². The number of nitrogens with two attached hydrogens (primary N) is 1. The van der Waals surface area contributed by atoms with Gasteiger partial charge < -0.3 is 10.5 Å². The Morgan fingerprint density at radius 2 is 2.09 bits per heavy atom. The summed E-state index contributed by atoms with van der Waals surface area (Å²) in [5.74, 6) is 0.941. The van der Waals surface area contributed by atoms with Crippen molar-refractivity contribution < 1.29 is 4.74 Å². The number of halogens is 1. The number of nitrogen functional groups attached to an aromatic ring is 1. The van der Waals surface area contributed by atoms with Crippen LogP contribution in [-0.4, -0.2) is 37.1 Å². The Morgan fingerprint density at radius 1 is 1.32 bits per heavy atom. The SMILES string of the molecule is COc1c(C)ncc(Cn2nnc3c(Br)nc(N)nc32)c1C. The molecule has 0 spiro atoms. The number of rotatable bonds is 3. The van der Waals surface area contributed by atoms with Crippen LogP contribution < -0.4 is 10.5 Å². The predicted octanol–water partition coefficient (Wildman–Crippen LogP) is 1.63. The molecule has 2 N–H and O–H groups in total. The molecular weight excluding hydrogens is 350 g/mol. The third-order valence-electron chi connectivity index (χ3n) is 3.43. The van der Waals surface area contributed by atoms with Crippen LogP contribution in [0.15, 0.2) is 10.8 Å². The van der Waals surface area contributed by atoms with Crippen LogP contribution in [0.3, 0.4) is 0 Å². The molecule has 0 aliphatic rings. The van der Waals surface area contributed by atoms with Crippen molar-refractivity contribution in [2.45, 2.75) is 20.4 Å². The first kappa shape index (κ1) is 14.6. The second-order valence-electron chi connectivity index (χ2n) is 4.82.